The van der Waals surface area contributed by atoms with Crippen LogP contribution in [0.15, 0.2) is 40.8 Å². The lowest BCUT2D eigenvalue weighted by Gasteiger charge is -2.23. The number of benzene rings is 1. The first-order valence-electron chi connectivity index (χ1n) is 5.37. The maximum atomic E-state index is 11.0. The molecular formula is C13H14O2S. The molecule has 0 bridgehead atoms. The molecule has 16 heavy (non-hydrogen) atoms. The van der Waals surface area contributed by atoms with Gasteiger partial charge in [0.2, 0.25) is 0 Å². The fraction of sp³-hybridized carbons (Fsp3) is 0.308. The molecule has 1 aliphatic rings. The first-order chi connectivity index (χ1) is 7.68. The Balaban J connectivity index is 2.21. The van der Waals surface area contributed by atoms with Gasteiger partial charge < -0.3 is 5.11 Å². The molecule has 1 unspecified atom stereocenters. The van der Waals surface area contributed by atoms with Crippen LogP contribution in [0.1, 0.15) is 30.7 Å². The molecule has 0 aliphatic heterocycles. The fourth-order valence-corrected chi connectivity index (χ4v) is 2.46. The Morgan fingerprint density at radius 2 is 2.00 bits per heavy atom. The number of carboxylic acids is 1. The second kappa shape index (κ2) is 4.74. The predicted molar refractivity (Wildman–Crippen MR) is 66.7 cm³/mol. The quantitative estimate of drug-likeness (QED) is 0.771. The topological polar surface area (TPSA) is 37.3 Å². The second-order valence-electron chi connectivity index (χ2n) is 4.08. The minimum atomic E-state index is -0.828. The van der Waals surface area contributed by atoms with Crippen molar-refractivity contribution >= 4 is 18.6 Å². The van der Waals surface area contributed by atoms with Crippen molar-refractivity contribution in [2.24, 2.45) is 0 Å². The Labute approximate surface area is 100 Å². The van der Waals surface area contributed by atoms with Crippen LogP contribution in [0.4, 0.5) is 0 Å². The van der Waals surface area contributed by atoms with Crippen molar-refractivity contribution in [1.82, 2.24) is 0 Å². The molecule has 0 heterocycles. The van der Waals surface area contributed by atoms with Gasteiger partial charge in [0.15, 0.2) is 0 Å². The van der Waals surface area contributed by atoms with Crippen LogP contribution in [0, 0.1) is 0 Å². The van der Waals surface area contributed by atoms with Gasteiger partial charge in [-0.3, -0.25) is 0 Å². The molecule has 2 nitrogen and oxygen atoms in total. The van der Waals surface area contributed by atoms with Crippen molar-refractivity contribution in [2.75, 3.05) is 0 Å². The van der Waals surface area contributed by atoms with Gasteiger partial charge in [0.25, 0.3) is 0 Å². The van der Waals surface area contributed by atoms with Crippen molar-refractivity contribution in [2.45, 2.75) is 25.2 Å². The lowest BCUT2D eigenvalue weighted by Crippen LogP contribution is -2.13. The molecule has 0 aromatic heterocycles. The zero-order valence-corrected chi connectivity index (χ0v) is 9.78. The van der Waals surface area contributed by atoms with Crippen molar-refractivity contribution in [3.63, 3.8) is 0 Å². The monoisotopic (exact) mass is 234 g/mol. The van der Waals surface area contributed by atoms with E-state index in [-0.39, 0.29) is 0 Å². The Bertz CT molecular complexity index is 423. The Morgan fingerprint density at radius 3 is 2.62 bits per heavy atom. The van der Waals surface area contributed by atoms with Gasteiger partial charge in [-0.15, -0.1) is 12.6 Å². The molecule has 1 aromatic rings. The van der Waals surface area contributed by atoms with E-state index in [2.05, 4.69) is 24.8 Å². The molecule has 0 spiro atoms. The lowest BCUT2D eigenvalue weighted by molar-refractivity contribution is -0.133. The molecule has 84 valence electrons. The van der Waals surface area contributed by atoms with E-state index in [0.717, 1.165) is 17.7 Å². The van der Waals surface area contributed by atoms with Gasteiger partial charge in [-0.2, -0.15) is 0 Å². The van der Waals surface area contributed by atoms with Crippen molar-refractivity contribution in [1.29, 1.82) is 0 Å². The molecule has 0 fully saturated rings. The number of hydrogen-bond donors (Lipinski definition) is 2. The van der Waals surface area contributed by atoms with Crippen LogP contribution in [0.5, 0.6) is 0 Å². The van der Waals surface area contributed by atoms with Gasteiger partial charge in [0.05, 0.1) is 0 Å². The second-order valence-corrected chi connectivity index (χ2v) is 4.62. The molecule has 1 aromatic carbocycles. The molecule has 1 atom stereocenters. The summed E-state index contributed by atoms with van der Waals surface area (Å²) in [4.78, 5) is 11.8. The standard InChI is InChI=1S/C13H14O2S/c14-13(15)11-8-10(6-7-12(11)16)9-4-2-1-3-5-9/h1-5,10,16H,6-8H2,(H,14,15). The summed E-state index contributed by atoms with van der Waals surface area (Å²) in [6, 6.07) is 10.1. The van der Waals surface area contributed by atoms with E-state index in [4.69, 9.17) is 5.11 Å². The summed E-state index contributed by atoms with van der Waals surface area (Å²) >= 11 is 4.25. The summed E-state index contributed by atoms with van der Waals surface area (Å²) in [5.74, 6) is -0.506. The van der Waals surface area contributed by atoms with Crippen LogP contribution in [0.25, 0.3) is 0 Å². The van der Waals surface area contributed by atoms with Gasteiger partial charge in [-0.05, 0) is 35.6 Å². The maximum absolute atomic E-state index is 11.0. The number of thiol groups is 1. The van der Waals surface area contributed by atoms with E-state index < -0.39 is 5.97 Å². The summed E-state index contributed by atoms with van der Waals surface area (Å²) in [5.41, 5.74) is 1.70. The van der Waals surface area contributed by atoms with E-state index in [1.807, 2.05) is 18.2 Å². The molecule has 1 N–H and O–H groups in total. The molecule has 0 saturated carbocycles. The zero-order valence-electron chi connectivity index (χ0n) is 8.89. The third kappa shape index (κ3) is 2.30. The van der Waals surface area contributed by atoms with E-state index in [1.54, 1.807) is 0 Å². The van der Waals surface area contributed by atoms with Crippen LogP contribution in [0.2, 0.25) is 0 Å². The normalized spacial score (nSPS) is 20.9. The first kappa shape index (κ1) is 11.3. The number of aliphatic carboxylic acids is 1. The summed E-state index contributed by atoms with van der Waals surface area (Å²) in [7, 11) is 0. The summed E-state index contributed by atoms with van der Waals surface area (Å²) in [5, 5.41) is 9.07. The van der Waals surface area contributed by atoms with Crippen molar-refractivity contribution < 1.29 is 9.90 Å². The number of rotatable bonds is 2. The van der Waals surface area contributed by atoms with E-state index in [1.165, 1.54) is 5.56 Å². The highest BCUT2D eigenvalue weighted by Gasteiger charge is 2.24. The number of carboxylic acid groups (broad SMARTS) is 1. The Hall–Kier alpha value is -1.22. The Kier molecular flexibility index (Phi) is 3.34. The lowest BCUT2D eigenvalue weighted by atomic mass is 9.83. The molecular weight excluding hydrogens is 220 g/mol. The number of hydrogen-bond acceptors (Lipinski definition) is 2. The summed E-state index contributed by atoms with van der Waals surface area (Å²) < 4.78 is 0. The number of carbonyl (C=O) groups is 1. The highest BCUT2D eigenvalue weighted by atomic mass is 32.1. The smallest absolute Gasteiger partial charge is 0.332 e. The molecule has 0 radical (unpaired) electrons. The van der Waals surface area contributed by atoms with Crippen LogP contribution in [-0.4, -0.2) is 11.1 Å². The average Bonchev–Trinajstić information content (AvgIpc) is 2.30. The van der Waals surface area contributed by atoms with Crippen LogP contribution >= 0.6 is 12.6 Å². The van der Waals surface area contributed by atoms with Gasteiger partial charge in [-0.25, -0.2) is 4.79 Å². The van der Waals surface area contributed by atoms with E-state index >= 15 is 0 Å². The Morgan fingerprint density at radius 1 is 1.31 bits per heavy atom. The highest BCUT2D eigenvalue weighted by Crippen LogP contribution is 2.37. The predicted octanol–water partition coefficient (Wildman–Crippen LogP) is 3.22. The molecule has 3 heteroatoms. The fourth-order valence-electron chi connectivity index (χ4n) is 2.15. The molecule has 2 rings (SSSR count). The minimum Gasteiger partial charge on any atom is -0.478 e. The molecule has 0 amide bonds. The average molecular weight is 234 g/mol. The van der Waals surface area contributed by atoms with E-state index in [0.29, 0.717) is 17.9 Å². The third-order valence-electron chi connectivity index (χ3n) is 3.06. The van der Waals surface area contributed by atoms with Gasteiger partial charge >= 0.3 is 5.97 Å². The highest BCUT2D eigenvalue weighted by molar-refractivity contribution is 7.84. The van der Waals surface area contributed by atoms with E-state index in [9.17, 15) is 4.79 Å². The maximum Gasteiger partial charge on any atom is 0.332 e. The summed E-state index contributed by atoms with van der Waals surface area (Å²) in [6.07, 6.45) is 2.35. The van der Waals surface area contributed by atoms with Crippen LogP contribution in [-0.2, 0) is 4.79 Å². The van der Waals surface area contributed by atoms with Crippen LogP contribution in [0.3, 0.4) is 0 Å². The third-order valence-corrected chi connectivity index (χ3v) is 3.55. The molecule has 1 aliphatic carbocycles. The van der Waals surface area contributed by atoms with Crippen molar-refractivity contribution in [3.8, 4) is 0 Å². The van der Waals surface area contributed by atoms with Crippen molar-refractivity contribution in [3.05, 3.63) is 46.4 Å². The minimum absolute atomic E-state index is 0.322. The molecule has 0 saturated heterocycles. The largest absolute Gasteiger partial charge is 0.478 e. The van der Waals surface area contributed by atoms with Gasteiger partial charge in [0.1, 0.15) is 0 Å². The van der Waals surface area contributed by atoms with Gasteiger partial charge in [-0.1, -0.05) is 30.3 Å². The first-order valence-corrected chi connectivity index (χ1v) is 5.82. The summed E-state index contributed by atoms with van der Waals surface area (Å²) in [6.45, 7) is 0. The van der Waals surface area contributed by atoms with Gasteiger partial charge in [0, 0.05) is 5.57 Å². The number of allylic oxidation sites excluding steroid dienone is 1. The SMILES string of the molecule is O=C(O)C1=C(S)CCC(c2ccccc2)C1. The zero-order chi connectivity index (χ0) is 11.5. The van der Waals surface area contributed by atoms with Crippen LogP contribution < -0.4 is 0 Å².